The Balaban J connectivity index is 0.00000256. The van der Waals surface area contributed by atoms with Gasteiger partial charge in [-0.3, -0.25) is 0 Å². The van der Waals surface area contributed by atoms with Gasteiger partial charge in [-0.05, 0) is 32.8 Å². The highest BCUT2D eigenvalue weighted by atomic mass is 127. The molecular formula is C22H31IN6O. The largest absolute Gasteiger partial charge is 0.459 e. The number of halogens is 1. The fraction of sp³-hybridized carbons (Fsp3) is 0.500. The number of hydrogen-bond acceptors (Lipinski definition) is 4. The van der Waals surface area contributed by atoms with Crippen LogP contribution in [0.5, 0.6) is 0 Å². The lowest BCUT2D eigenvalue weighted by atomic mass is 10.1. The van der Waals surface area contributed by atoms with E-state index in [1.165, 1.54) is 19.3 Å². The molecule has 2 N–H and O–H groups in total. The number of nitrogens with zero attached hydrogens (tertiary/aromatic N) is 4. The summed E-state index contributed by atoms with van der Waals surface area (Å²) in [5.41, 5.74) is 2.08. The molecule has 3 heterocycles. The number of guanidine groups is 1. The minimum absolute atomic E-state index is 0. The topological polar surface area (TPSA) is 80.3 Å². The first-order chi connectivity index (χ1) is 14.3. The Hall–Kier alpha value is -2.10. The molecule has 0 fully saturated rings. The molecule has 0 saturated heterocycles. The SMILES string of the molecule is CCNC(=NCc1oc2ccccc2c1C)NCCc1nnc2n1CCCCC2.I. The number of rotatable bonds is 6. The van der Waals surface area contributed by atoms with E-state index in [9.17, 15) is 0 Å². The third-order valence-electron chi connectivity index (χ3n) is 5.49. The summed E-state index contributed by atoms with van der Waals surface area (Å²) in [5, 5.41) is 16.7. The molecule has 2 aromatic heterocycles. The van der Waals surface area contributed by atoms with E-state index in [1.807, 2.05) is 18.2 Å². The van der Waals surface area contributed by atoms with E-state index in [0.29, 0.717) is 6.54 Å². The molecule has 3 aromatic rings. The molecule has 7 nitrogen and oxygen atoms in total. The van der Waals surface area contributed by atoms with Crippen molar-refractivity contribution < 1.29 is 4.42 Å². The molecule has 0 amide bonds. The molecule has 0 atom stereocenters. The second-order valence-corrected chi connectivity index (χ2v) is 7.51. The summed E-state index contributed by atoms with van der Waals surface area (Å²) >= 11 is 0. The highest BCUT2D eigenvalue weighted by Crippen LogP contribution is 2.25. The van der Waals surface area contributed by atoms with E-state index in [-0.39, 0.29) is 24.0 Å². The zero-order valence-electron chi connectivity index (χ0n) is 17.8. The van der Waals surface area contributed by atoms with Crippen LogP contribution in [0, 0.1) is 6.92 Å². The molecule has 1 aliphatic rings. The van der Waals surface area contributed by atoms with Crippen LogP contribution in [0.25, 0.3) is 11.0 Å². The lowest BCUT2D eigenvalue weighted by molar-refractivity contribution is 0.547. The van der Waals surface area contributed by atoms with E-state index in [0.717, 1.165) is 72.4 Å². The number of aliphatic imine (C=N–C) groups is 1. The van der Waals surface area contributed by atoms with Crippen LogP contribution in [0.15, 0.2) is 33.7 Å². The van der Waals surface area contributed by atoms with Crippen LogP contribution in [0.1, 0.15) is 49.2 Å². The molecule has 162 valence electrons. The van der Waals surface area contributed by atoms with Gasteiger partial charge in [-0.25, -0.2) is 4.99 Å². The number of aromatic nitrogens is 3. The number of hydrogen-bond donors (Lipinski definition) is 2. The number of benzene rings is 1. The summed E-state index contributed by atoms with van der Waals surface area (Å²) in [7, 11) is 0. The van der Waals surface area contributed by atoms with Crippen molar-refractivity contribution in [3.63, 3.8) is 0 Å². The van der Waals surface area contributed by atoms with Crippen molar-refractivity contribution in [1.29, 1.82) is 0 Å². The van der Waals surface area contributed by atoms with Crippen LogP contribution in [-0.2, 0) is 25.9 Å². The molecule has 0 bridgehead atoms. The van der Waals surface area contributed by atoms with Crippen LogP contribution in [-0.4, -0.2) is 33.8 Å². The van der Waals surface area contributed by atoms with E-state index in [1.54, 1.807) is 0 Å². The van der Waals surface area contributed by atoms with Gasteiger partial charge in [0.25, 0.3) is 0 Å². The Labute approximate surface area is 194 Å². The summed E-state index contributed by atoms with van der Waals surface area (Å²) in [4.78, 5) is 4.72. The van der Waals surface area contributed by atoms with Gasteiger partial charge in [0.15, 0.2) is 5.96 Å². The second-order valence-electron chi connectivity index (χ2n) is 7.51. The number of furan rings is 1. The average molecular weight is 522 g/mol. The van der Waals surface area contributed by atoms with Crippen molar-refractivity contribution in [3.8, 4) is 0 Å². The normalized spacial score (nSPS) is 14.1. The predicted molar refractivity (Wildman–Crippen MR) is 130 cm³/mol. The lowest BCUT2D eigenvalue weighted by Crippen LogP contribution is -2.38. The minimum atomic E-state index is 0. The van der Waals surface area contributed by atoms with Crippen LogP contribution in [0.2, 0.25) is 0 Å². The summed E-state index contributed by atoms with van der Waals surface area (Å²) in [5.74, 6) is 3.91. The molecule has 1 aromatic carbocycles. The summed E-state index contributed by atoms with van der Waals surface area (Å²) < 4.78 is 8.28. The van der Waals surface area contributed by atoms with Crippen LogP contribution < -0.4 is 10.6 Å². The maximum absolute atomic E-state index is 5.98. The van der Waals surface area contributed by atoms with Crippen molar-refractivity contribution in [2.24, 2.45) is 4.99 Å². The molecule has 0 spiro atoms. The van der Waals surface area contributed by atoms with Gasteiger partial charge >= 0.3 is 0 Å². The number of fused-ring (bicyclic) bond motifs is 2. The van der Waals surface area contributed by atoms with Crippen LogP contribution in [0.3, 0.4) is 0 Å². The summed E-state index contributed by atoms with van der Waals surface area (Å²) in [6.07, 6.45) is 5.59. The first-order valence-electron chi connectivity index (χ1n) is 10.7. The Morgan fingerprint density at radius 3 is 2.87 bits per heavy atom. The van der Waals surface area contributed by atoms with Gasteiger partial charge in [-0.2, -0.15) is 0 Å². The molecule has 0 saturated carbocycles. The van der Waals surface area contributed by atoms with Crippen molar-refractivity contribution in [2.45, 2.75) is 59.0 Å². The van der Waals surface area contributed by atoms with Gasteiger partial charge in [0.05, 0.1) is 0 Å². The minimum Gasteiger partial charge on any atom is -0.459 e. The molecular weight excluding hydrogens is 491 g/mol. The van der Waals surface area contributed by atoms with Crippen LogP contribution >= 0.6 is 24.0 Å². The quantitative estimate of drug-likeness (QED) is 0.291. The van der Waals surface area contributed by atoms with E-state index < -0.39 is 0 Å². The third kappa shape index (κ3) is 5.14. The van der Waals surface area contributed by atoms with Gasteiger partial charge in [-0.1, -0.05) is 24.6 Å². The molecule has 0 radical (unpaired) electrons. The highest BCUT2D eigenvalue weighted by Gasteiger charge is 2.14. The fourth-order valence-corrected chi connectivity index (χ4v) is 3.89. The van der Waals surface area contributed by atoms with Gasteiger partial charge in [0.1, 0.15) is 29.5 Å². The summed E-state index contributed by atoms with van der Waals surface area (Å²) in [6.45, 7) is 7.29. The van der Waals surface area contributed by atoms with Gasteiger partial charge < -0.3 is 19.6 Å². The zero-order chi connectivity index (χ0) is 20.1. The second kappa shape index (κ2) is 10.8. The van der Waals surface area contributed by atoms with Crippen molar-refractivity contribution in [1.82, 2.24) is 25.4 Å². The Morgan fingerprint density at radius 2 is 2.03 bits per heavy atom. The molecule has 0 unspecified atom stereocenters. The van der Waals surface area contributed by atoms with Gasteiger partial charge in [0, 0.05) is 43.4 Å². The predicted octanol–water partition coefficient (Wildman–Crippen LogP) is 3.97. The first kappa shape index (κ1) is 22.6. The fourth-order valence-electron chi connectivity index (χ4n) is 3.89. The van der Waals surface area contributed by atoms with Crippen molar-refractivity contribution in [2.75, 3.05) is 13.1 Å². The lowest BCUT2D eigenvalue weighted by Gasteiger charge is -2.11. The number of aryl methyl sites for hydroxylation is 2. The third-order valence-corrected chi connectivity index (χ3v) is 5.49. The van der Waals surface area contributed by atoms with E-state index in [2.05, 4.69) is 45.3 Å². The number of para-hydroxylation sites is 1. The van der Waals surface area contributed by atoms with Gasteiger partial charge in [0.2, 0.25) is 0 Å². The molecule has 4 rings (SSSR count). The Bertz CT molecular complexity index is 993. The van der Waals surface area contributed by atoms with E-state index >= 15 is 0 Å². The average Bonchev–Trinajstić information content (AvgIpc) is 3.17. The molecule has 30 heavy (non-hydrogen) atoms. The molecule has 1 aliphatic heterocycles. The first-order valence-corrected chi connectivity index (χ1v) is 10.7. The standard InChI is InChI=1S/C22H30N6O.HI/c1-3-23-22(25-15-19-16(2)17-9-6-7-10-18(17)29-19)24-13-12-21-27-26-20-11-5-4-8-14-28(20)21;/h6-7,9-10H,3-5,8,11-15H2,1-2H3,(H2,23,24,25);1H. The number of nitrogens with one attached hydrogen (secondary N) is 2. The Kier molecular flexibility index (Phi) is 8.12. The monoisotopic (exact) mass is 522 g/mol. The maximum atomic E-state index is 5.98. The zero-order valence-corrected chi connectivity index (χ0v) is 20.1. The van der Waals surface area contributed by atoms with Crippen molar-refractivity contribution >= 4 is 40.9 Å². The van der Waals surface area contributed by atoms with Crippen molar-refractivity contribution in [3.05, 3.63) is 47.2 Å². The molecule has 0 aliphatic carbocycles. The van der Waals surface area contributed by atoms with Crippen LogP contribution in [0.4, 0.5) is 0 Å². The maximum Gasteiger partial charge on any atom is 0.191 e. The summed E-state index contributed by atoms with van der Waals surface area (Å²) in [6, 6.07) is 8.12. The van der Waals surface area contributed by atoms with Gasteiger partial charge in [-0.15, -0.1) is 34.2 Å². The smallest absolute Gasteiger partial charge is 0.191 e. The highest BCUT2D eigenvalue weighted by molar-refractivity contribution is 14.0. The van der Waals surface area contributed by atoms with E-state index in [4.69, 9.17) is 9.41 Å². The Morgan fingerprint density at radius 1 is 1.17 bits per heavy atom. The molecule has 8 heteroatoms.